The Balaban J connectivity index is 1.69. The van der Waals surface area contributed by atoms with Crippen molar-refractivity contribution in [2.75, 3.05) is 19.7 Å². The molecule has 0 aromatic heterocycles. The first-order chi connectivity index (χ1) is 7.45. The van der Waals surface area contributed by atoms with Gasteiger partial charge in [0.1, 0.15) is 0 Å². The zero-order chi connectivity index (χ0) is 10.3. The van der Waals surface area contributed by atoms with Gasteiger partial charge in [0.25, 0.3) is 0 Å². The van der Waals surface area contributed by atoms with Crippen LogP contribution < -0.4 is 5.32 Å². The van der Waals surface area contributed by atoms with Crippen molar-refractivity contribution in [3.8, 4) is 0 Å². The lowest BCUT2D eigenvalue weighted by Gasteiger charge is -2.19. The molecule has 0 unspecified atom stereocenters. The molecule has 2 rings (SSSR count). The minimum absolute atomic E-state index is 0.545. The van der Waals surface area contributed by atoms with Gasteiger partial charge in [-0.1, -0.05) is 31.8 Å². The maximum absolute atomic E-state index is 6.01. The fourth-order valence-corrected chi connectivity index (χ4v) is 2.43. The summed E-state index contributed by atoms with van der Waals surface area (Å²) < 4.78 is 6.01. The molecule has 1 fully saturated rings. The van der Waals surface area contributed by atoms with Crippen molar-refractivity contribution in [3.05, 3.63) is 11.6 Å². The molecule has 0 aromatic rings. The molecule has 1 aliphatic carbocycles. The van der Waals surface area contributed by atoms with Gasteiger partial charge in [0, 0.05) is 6.54 Å². The second kappa shape index (κ2) is 6.29. The van der Waals surface area contributed by atoms with E-state index in [2.05, 4.69) is 11.4 Å². The lowest BCUT2D eigenvalue weighted by Crippen LogP contribution is -2.23. The first-order valence-electron chi connectivity index (χ1n) is 6.45. The second-order valence-corrected chi connectivity index (χ2v) is 4.74. The lowest BCUT2D eigenvalue weighted by molar-refractivity contribution is 0.0572. The van der Waals surface area contributed by atoms with Crippen LogP contribution in [0.15, 0.2) is 11.6 Å². The molecule has 0 spiro atoms. The van der Waals surface area contributed by atoms with E-state index in [-0.39, 0.29) is 0 Å². The van der Waals surface area contributed by atoms with Crippen LogP contribution in [0, 0.1) is 0 Å². The molecule has 2 nitrogen and oxygen atoms in total. The van der Waals surface area contributed by atoms with Crippen LogP contribution in [0.2, 0.25) is 0 Å². The Morgan fingerprint density at radius 3 is 2.67 bits per heavy atom. The molecule has 0 bridgehead atoms. The van der Waals surface area contributed by atoms with E-state index in [0.717, 1.165) is 19.7 Å². The fourth-order valence-electron chi connectivity index (χ4n) is 2.43. The molecule has 0 atom stereocenters. The van der Waals surface area contributed by atoms with E-state index in [0.29, 0.717) is 6.10 Å². The highest BCUT2D eigenvalue weighted by Gasteiger charge is 2.13. The maximum Gasteiger partial charge on any atom is 0.0681 e. The molecule has 0 aromatic carbocycles. The van der Waals surface area contributed by atoms with Gasteiger partial charge in [0.05, 0.1) is 12.7 Å². The topological polar surface area (TPSA) is 21.3 Å². The molecule has 0 amide bonds. The molecule has 86 valence electrons. The minimum Gasteiger partial charge on any atom is -0.374 e. The summed E-state index contributed by atoms with van der Waals surface area (Å²) in [5, 5.41) is 3.33. The Kier molecular flexibility index (Phi) is 4.68. The summed E-state index contributed by atoms with van der Waals surface area (Å²) in [5.41, 5.74) is 1.50. The Morgan fingerprint density at radius 2 is 2.00 bits per heavy atom. The van der Waals surface area contributed by atoms with Crippen LogP contribution >= 0.6 is 0 Å². The van der Waals surface area contributed by atoms with Gasteiger partial charge in [-0.2, -0.15) is 0 Å². The summed E-state index contributed by atoms with van der Waals surface area (Å²) in [5.74, 6) is 0. The fraction of sp³-hybridized carbons (Fsp3) is 0.846. The molecule has 2 heteroatoms. The van der Waals surface area contributed by atoms with E-state index in [4.69, 9.17) is 4.74 Å². The summed E-state index contributed by atoms with van der Waals surface area (Å²) in [6.07, 6.45) is 12.1. The van der Waals surface area contributed by atoms with Gasteiger partial charge in [-0.3, -0.25) is 0 Å². The Labute approximate surface area is 93.1 Å². The van der Waals surface area contributed by atoms with Crippen LogP contribution in [0.5, 0.6) is 0 Å². The molecule has 1 N–H and O–H groups in total. The highest BCUT2D eigenvalue weighted by molar-refractivity contribution is 5.07. The SMILES string of the molecule is C1=C(COC2CCCCCC2)CCNC1. The third-order valence-corrected chi connectivity index (χ3v) is 3.46. The highest BCUT2D eigenvalue weighted by Crippen LogP contribution is 2.20. The zero-order valence-corrected chi connectivity index (χ0v) is 9.63. The van der Waals surface area contributed by atoms with E-state index < -0.39 is 0 Å². The normalized spacial score (nSPS) is 24.7. The standard InChI is InChI=1S/C13H23NO/c1-2-4-6-13(5-3-1)15-11-12-7-9-14-10-8-12/h7,13-14H,1-6,8-11H2. The first kappa shape index (κ1) is 11.2. The van der Waals surface area contributed by atoms with E-state index >= 15 is 0 Å². The minimum atomic E-state index is 0.545. The van der Waals surface area contributed by atoms with Gasteiger partial charge >= 0.3 is 0 Å². The predicted molar refractivity (Wildman–Crippen MR) is 63.0 cm³/mol. The Morgan fingerprint density at radius 1 is 1.20 bits per heavy atom. The first-order valence-corrected chi connectivity index (χ1v) is 6.45. The average Bonchev–Trinajstić information content (AvgIpc) is 2.56. The third-order valence-electron chi connectivity index (χ3n) is 3.46. The maximum atomic E-state index is 6.01. The molecule has 1 saturated carbocycles. The van der Waals surface area contributed by atoms with Crippen LogP contribution in [-0.2, 0) is 4.74 Å². The summed E-state index contributed by atoms with van der Waals surface area (Å²) in [6, 6.07) is 0. The number of ether oxygens (including phenoxy) is 1. The van der Waals surface area contributed by atoms with Crippen molar-refractivity contribution < 1.29 is 4.74 Å². The van der Waals surface area contributed by atoms with Gasteiger partial charge in [-0.15, -0.1) is 0 Å². The summed E-state index contributed by atoms with van der Waals surface area (Å²) in [7, 11) is 0. The van der Waals surface area contributed by atoms with Crippen molar-refractivity contribution >= 4 is 0 Å². The van der Waals surface area contributed by atoms with Crippen molar-refractivity contribution in [2.45, 2.75) is 51.0 Å². The summed E-state index contributed by atoms with van der Waals surface area (Å²) in [6.45, 7) is 3.04. The van der Waals surface area contributed by atoms with Crippen molar-refractivity contribution in [3.63, 3.8) is 0 Å². The van der Waals surface area contributed by atoms with Crippen LogP contribution in [0.25, 0.3) is 0 Å². The lowest BCUT2D eigenvalue weighted by atomic mass is 10.1. The molecule has 1 heterocycles. The van der Waals surface area contributed by atoms with E-state index in [1.807, 2.05) is 0 Å². The summed E-state index contributed by atoms with van der Waals surface area (Å²) >= 11 is 0. The monoisotopic (exact) mass is 209 g/mol. The highest BCUT2D eigenvalue weighted by atomic mass is 16.5. The zero-order valence-electron chi connectivity index (χ0n) is 9.63. The van der Waals surface area contributed by atoms with Gasteiger partial charge < -0.3 is 10.1 Å². The van der Waals surface area contributed by atoms with Crippen LogP contribution in [0.4, 0.5) is 0 Å². The van der Waals surface area contributed by atoms with Crippen molar-refractivity contribution in [1.82, 2.24) is 5.32 Å². The largest absolute Gasteiger partial charge is 0.374 e. The molecule has 2 aliphatic rings. The Bertz CT molecular complexity index is 205. The van der Waals surface area contributed by atoms with Crippen LogP contribution in [0.3, 0.4) is 0 Å². The van der Waals surface area contributed by atoms with Gasteiger partial charge in [0.2, 0.25) is 0 Å². The molecule has 0 saturated heterocycles. The second-order valence-electron chi connectivity index (χ2n) is 4.74. The van der Waals surface area contributed by atoms with E-state index in [1.165, 1.54) is 50.5 Å². The number of nitrogens with one attached hydrogen (secondary N) is 1. The number of rotatable bonds is 3. The van der Waals surface area contributed by atoms with Gasteiger partial charge in [-0.25, -0.2) is 0 Å². The third kappa shape index (κ3) is 3.96. The molecule has 0 radical (unpaired) electrons. The Hall–Kier alpha value is -0.340. The quantitative estimate of drug-likeness (QED) is 0.570. The van der Waals surface area contributed by atoms with Gasteiger partial charge in [0.15, 0.2) is 0 Å². The van der Waals surface area contributed by atoms with E-state index in [1.54, 1.807) is 0 Å². The van der Waals surface area contributed by atoms with Gasteiger partial charge in [-0.05, 0) is 31.4 Å². The molecular weight excluding hydrogens is 186 g/mol. The molecular formula is C13H23NO. The van der Waals surface area contributed by atoms with Crippen molar-refractivity contribution in [1.29, 1.82) is 0 Å². The van der Waals surface area contributed by atoms with Crippen molar-refractivity contribution in [2.24, 2.45) is 0 Å². The number of hydrogen-bond donors (Lipinski definition) is 1. The van der Waals surface area contributed by atoms with E-state index in [9.17, 15) is 0 Å². The van der Waals surface area contributed by atoms with Crippen LogP contribution in [0.1, 0.15) is 44.9 Å². The predicted octanol–water partition coefficient (Wildman–Crippen LogP) is 2.65. The molecule has 15 heavy (non-hydrogen) atoms. The smallest absolute Gasteiger partial charge is 0.0681 e. The molecule has 1 aliphatic heterocycles. The summed E-state index contributed by atoms with van der Waals surface area (Å²) in [4.78, 5) is 0. The number of hydrogen-bond acceptors (Lipinski definition) is 2. The van der Waals surface area contributed by atoms with Crippen LogP contribution in [-0.4, -0.2) is 25.8 Å². The average molecular weight is 209 g/mol.